The normalized spacial score (nSPS) is 9.92. The molecule has 0 aliphatic rings. The van der Waals surface area contributed by atoms with Crippen LogP contribution in [0.1, 0.15) is 11.1 Å². The first-order valence-electron chi connectivity index (χ1n) is 7.97. The van der Waals surface area contributed by atoms with Gasteiger partial charge in [0.15, 0.2) is 0 Å². The Morgan fingerprint density at radius 3 is 2.60 bits per heavy atom. The number of ether oxygens (including phenoxy) is 2. The van der Waals surface area contributed by atoms with Crippen LogP contribution in [0.2, 0.25) is 0 Å². The maximum atomic E-state index is 11.9. The Morgan fingerprint density at radius 2 is 1.88 bits per heavy atom. The summed E-state index contributed by atoms with van der Waals surface area (Å²) in [5, 5.41) is 5.98. The van der Waals surface area contributed by atoms with E-state index < -0.39 is 0 Å². The number of carbonyl (C=O) groups is 1. The maximum absolute atomic E-state index is 11.9. The molecular formula is C20H22N2O3. The van der Waals surface area contributed by atoms with Crippen LogP contribution in [-0.4, -0.2) is 26.2 Å². The van der Waals surface area contributed by atoms with Crippen molar-refractivity contribution in [3.63, 3.8) is 0 Å². The van der Waals surface area contributed by atoms with Crippen molar-refractivity contribution in [1.29, 1.82) is 0 Å². The van der Waals surface area contributed by atoms with Gasteiger partial charge in [0.05, 0.1) is 13.7 Å². The fraction of sp³-hybridized carbons (Fsp3) is 0.250. The van der Waals surface area contributed by atoms with Crippen molar-refractivity contribution < 1.29 is 14.3 Å². The number of benzene rings is 2. The third-order valence-electron chi connectivity index (χ3n) is 3.53. The van der Waals surface area contributed by atoms with E-state index in [-0.39, 0.29) is 19.1 Å². The highest BCUT2D eigenvalue weighted by atomic mass is 16.5. The van der Waals surface area contributed by atoms with Gasteiger partial charge in [0, 0.05) is 18.7 Å². The molecule has 0 radical (unpaired) electrons. The van der Waals surface area contributed by atoms with Crippen molar-refractivity contribution in [2.24, 2.45) is 0 Å². The molecule has 0 unspecified atom stereocenters. The summed E-state index contributed by atoms with van der Waals surface area (Å²) in [6, 6.07) is 15.2. The lowest BCUT2D eigenvalue weighted by Crippen LogP contribution is -2.33. The Balaban J connectivity index is 1.74. The Labute approximate surface area is 148 Å². The van der Waals surface area contributed by atoms with E-state index in [0.717, 1.165) is 22.6 Å². The fourth-order valence-electron chi connectivity index (χ4n) is 2.23. The first kappa shape index (κ1) is 18.4. The highest BCUT2D eigenvalue weighted by Crippen LogP contribution is 2.17. The van der Waals surface area contributed by atoms with Crippen LogP contribution in [0.25, 0.3) is 0 Å². The summed E-state index contributed by atoms with van der Waals surface area (Å²) in [5.41, 5.74) is 1.97. The molecule has 2 rings (SSSR count). The summed E-state index contributed by atoms with van der Waals surface area (Å²) in [4.78, 5) is 11.9. The lowest BCUT2D eigenvalue weighted by Gasteiger charge is -2.11. The van der Waals surface area contributed by atoms with E-state index in [1.807, 2.05) is 48.5 Å². The minimum absolute atomic E-state index is 0.0714. The Hall–Kier alpha value is -2.97. The number of rotatable bonds is 9. The largest absolute Gasteiger partial charge is 0.497 e. The van der Waals surface area contributed by atoms with Gasteiger partial charge in [0.1, 0.15) is 18.1 Å². The zero-order valence-electron chi connectivity index (χ0n) is 14.2. The summed E-state index contributed by atoms with van der Waals surface area (Å²) >= 11 is 0. The first-order chi connectivity index (χ1) is 12.2. The Morgan fingerprint density at radius 1 is 1.12 bits per heavy atom. The Bertz CT molecular complexity index is 720. The van der Waals surface area contributed by atoms with Gasteiger partial charge in [-0.15, -0.1) is 6.42 Å². The highest BCUT2D eigenvalue weighted by Gasteiger charge is 2.05. The molecule has 5 heteroatoms. The van der Waals surface area contributed by atoms with Crippen molar-refractivity contribution in [1.82, 2.24) is 10.6 Å². The van der Waals surface area contributed by atoms with Crippen LogP contribution >= 0.6 is 0 Å². The minimum atomic E-state index is -0.0714. The molecule has 0 spiro atoms. The van der Waals surface area contributed by atoms with E-state index in [9.17, 15) is 4.79 Å². The van der Waals surface area contributed by atoms with Crippen LogP contribution in [-0.2, 0) is 17.9 Å². The molecule has 2 aromatic carbocycles. The van der Waals surface area contributed by atoms with Gasteiger partial charge in [-0.25, -0.2) is 0 Å². The molecule has 0 atom stereocenters. The Kier molecular flexibility index (Phi) is 7.36. The van der Waals surface area contributed by atoms with Crippen LogP contribution in [0.4, 0.5) is 0 Å². The molecule has 0 heterocycles. The second kappa shape index (κ2) is 10.0. The van der Waals surface area contributed by atoms with Gasteiger partial charge in [-0.2, -0.15) is 0 Å². The first-order valence-corrected chi connectivity index (χ1v) is 7.97. The summed E-state index contributed by atoms with van der Waals surface area (Å²) in [7, 11) is 1.62. The molecule has 0 aliphatic carbocycles. The summed E-state index contributed by atoms with van der Waals surface area (Å²) < 4.78 is 10.6. The highest BCUT2D eigenvalue weighted by molar-refractivity contribution is 5.77. The average Bonchev–Trinajstić information content (AvgIpc) is 2.66. The smallest absolute Gasteiger partial charge is 0.234 e. The quantitative estimate of drug-likeness (QED) is 0.688. The third kappa shape index (κ3) is 6.21. The number of amides is 1. The molecule has 25 heavy (non-hydrogen) atoms. The van der Waals surface area contributed by atoms with Gasteiger partial charge >= 0.3 is 0 Å². The lowest BCUT2D eigenvalue weighted by atomic mass is 10.2. The van der Waals surface area contributed by atoms with E-state index in [1.165, 1.54) is 0 Å². The molecule has 130 valence electrons. The van der Waals surface area contributed by atoms with Crippen LogP contribution < -0.4 is 20.1 Å². The molecule has 0 aliphatic heterocycles. The van der Waals surface area contributed by atoms with Crippen molar-refractivity contribution in [3.8, 4) is 23.8 Å². The van der Waals surface area contributed by atoms with Crippen LogP contribution in [0.5, 0.6) is 11.5 Å². The SMILES string of the molecule is C#CCOc1ccccc1CNCC(=O)NCc1ccc(OC)cc1. The molecule has 2 aromatic rings. The summed E-state index contributed by atoms with van der Waals surface area (Å²) in [6.07, 6.45) is 5.21. The molecule has 0 saturated heterocycles. The number of hydrogen-bond donors (Lipinski definition) is 2. The number of methoxy groups -OCH3 is 1. The second-order valence-electron chi connectivity index (χ2n) is 5.33. The topological polar surface area (TPSA) is 59.6 Å². The number of para-hydroxylation sites is 1. The standard InChI is InChI=1S/C20H22N2O3/c1-3-12-25-19-7-5-4-6-17(19)14-21-15-20(23)22-13-16-8-10-18(24-2)11-9-16/h1,4-11,21H,12-15H2,2H3,(H,22,23). The van der Waals surface area contributed by atoms with Crippen molar-refractivity contribution in [2.75, 3.05) is 20.3 Å². The van der Waals surface area contributed by atoms with Crippen molar-refractivity contribution >= 4 is 5.91 Å². The predicted molar refractivity (Wildman–Crippen MR) is 97.3 cm³/mol. The third-order valence-corrected chi connectivity index (χ3v) is 3.53. The average molecular weight is 338 g/mol. The summed E-state index contributed by atoms with van der Waals surface area (Å²) in [6.45, 7) is 1.45. The molecule has 5 nitrogen and oxygen atoms in total. The van der Waals surface area contributed by atoms with Gasteiger partial charge in [-0.3, -0.25) is 4.79 Å². The van der Waals surface area contributed by atoms with E-state index in [0.29, 0.717) is 13.1 Å². The molecule has 0 fully saturated rings. The molecule has 0 aromatic heterocycles. The fourth-order valence-corrected chi connectivity index (χ4v) is 2.23. The number of carbonyl (C=O) groups excluding carboxylic acids is 1. The predicted octanol–water partition coefficient (Wildman–Crippen LogP) is 2.11. The number of terminal acetylenes is 1. The summed E-state index contributed by atoms with van der Waals surface area (Å²) in [5.74, 6) is 3.89. The van der Waals surface area contributed by atoms with Crippen LogP contribution in [0.3, 0.4) is 0 Å². The number of nitrogens with one attached hydrogen (secondary N) is 2. The maximum Gasteiger partial charge on any atom is 0.234 e. The molecule has 0 bridgehead atoms. The van der Waals surface area contributed by atoms with Crippen molar-refractivity contribution in [3.05, 3.63) is 59.7 Å². The van der Waals surface area contributed by atoms with E-state index in [1.54, 1.807) is 7.11 Å². The van der Waals surface area contributed by atoms with E-state index in [2.05, 4.69) is 16.6 Å². The van der Waals surface area contributed by atoms with Crippen LogP contribution in [0, 0.1) is 12.3 Å². The zero-order valence-corrected chi connectivity index (χ0v) is 14.2. The molecule has 0 saturated carbocycles. The van der Waals surface area contributed by atoms with E-state index >= 15 is 0 Å². The van der Waals surface area contributed by atoms with Gasteiger partial charge < -0.3 is 20.1 Å². The van der Waals surface area contributed by atoms with Crippen molar-refractivity contribution in [2.45, 2.75) is 13.1 Å². The minimum Gasteiger partial charge on any atom is -0.497 e. The number of hydrogen-bond acceptors (Lipinski definition) is 4. The van der Waals surface area contributed by atoms with Gasteiger partial charge in [0.2, 0.25) is 5.91 Å². The van der Waals surface area contributed by atoms with E-state index in [4.69, 9.17) is 15.9 Å². The molecule has 2 N–H and O–H groups in total. The van der Waals surface area contributed by atoms with Gasteiger partial charge in [0.25, 0.3) is 0 Å². The monoisotopic (exact) mass is 338 g/mol. The van der Waals surface area contributed by atoms with Crippen LogP contribution in [0.15, 0.2) is 48.5 Å². The lowest BCUT2D eigenvalue weighted by molar-refractivity contribution is -0.120. The second-order valence-corrected chi connectivity index (χ2v) is 5.33. The zero-order chi connectivity index (χ0) is 17.9. The molecular weight excluding hydrogens is 316 g/mol. The van der Waals surface area contributed by atoms with Gasteiger partial charge in [-0.1, -0.05) is 36.3 Å². The van der Waals surface area contributed by atoms with Gasteiger partial charge in [-0.05, 0) is 23.8 Å². The molecule has 1 amide bonds.